The predicted molar refractivity (Wildman–Crippen MR) is 83.2 cm³/mol. The zero-order chi connectivity index (χ0) is 14.7. The molecule has 6 heteroatoms. The van der Waals surface area contributed by atoms with Gasteiger partial charge < -0.3 is 9.84 Å². The molecule has 1 N–H and O–H groups in total. The normalized spacial score (nSPS) is 22.6. The lowest BCUT2D eigenvalue weighted by atomic mass is 10.0. The molecule has 4 nitrogen and oxygen atoms in total. The number of halogens is 1. The number of hydrogen-bond acceptors (Lipinski definition) is 4. The Bertz CT molecular complexity index is 457. The summed E-state index contributed by atoms with van der Waals surface area (Å²) in [6.45, 7) is 6.74. The van der Waals surface area contributed by atoms with Crippen LogP contribution in [0.5, 0.6) is 0 Å². The zero-order valence-electron chi connectivity index (χ0n) is 11.8. The molecule has 0 radical (unpaired) electrons. The zero-order valence-corrected chi connectivity index (χ0v) is 14.2. The van der Waals surface area contributed by atoms with Crippen molar-refractivity contribution in [1.29, 1.82) is 0 Å². The van der Waals surface area contributed by atoms with Gasteiger partial charge in [-0.15, -0.1) is 11.3 Å². The number of rotatable bonds is 6. The van der Waals surface area contributed by atoms with Crippen LogP contribution >= 0.6 is 27.3 Å². The molecule has 1 fully saturated rings. The van der Waals surface area contributed by atoms with E-state index in [0.717, 1.165) is 24.0 Å². The molecule has 1 aliphatic heterocycles. The summed E-state index contributed by atoms with van der Waals surface area (Å²) in [6, 6.07) is 2.11. The molecule has 0 spiro atoms. The summed E-state index contributed by atoms with van der Waals surface area (Å²) < 4.78 is 6.53. The SMILES string of the molecule is CCCN(Cc1cc(Br)c(C)s1)C1COCC1C(=O)O. The maximum absolute atomic E-state index is 11.3. The van der Waals surface area contributed by atoms with Gasteiger partial charge in [-0.05, 0) is 41.9 Å². The monoisotopic (exact) mass is 361 g/mol. The molecule has 0 amide bonds. The van der Waals surface area contributed by atoms with Crippen LogP contribution in [-0.4, -0.2) is 41.8 Å². The van der Waals surface area contributed by atoms with Gasteiger partial charge in [0.2, 0.25) is 0 Å². The summed E-state index contributed by atoms with van der Waals surface area (Å²) in [6.07, 6.45) is 1.01. The average Bonchev–Trinajstić information content (AvgIpc) is 2.97. The molecule has 2 unspecified atom stereocenters. The van der Waals surface area contributed by atoms with E-state index >= 15 is 0 Å². The topological polar surface area (TPSA) is 49.8 Å². The molecule has 0 bridgehead atoms. The highest BCUT2D eigenvalue weighted by molar-refractivity contribution is 9.10. The third-order valence-corrected chi connectivity index (χ3v) is 5.74. The van der Waals surface area contributed by atoms with Crippen LogP contribution in [0.2, 0.25) is 0 Å². The van der Waals surface area contributed by atoms with E-state index in [4.69, 9.17) is 4.74 Å². The van der Waals surface area contributed by atoms with Gasteiger partial charge in [0.05, 0.1) is 19.1 Å². The molecule has 0 saturated carbocycles. The van der Waals surface area contributed by atoms with Gasteiger partial charge in [0.1, 0.15) is 0 Å². The molecule has 2 atom stereocenters. The van der Waals surface area contributed by atoms with Crippen LogP contribution in [0.3, 0.4) is 0 Å². The second-order valence-corrected chi connectivity index (χ2v) is 7.33. The largest absolute Gasteiger partial charge is 0.481 e. The Labute approximate surface area is 131 Å². The fraction of sp³-hybridized carbons (Fsp3) is 0.643. The Morgan fingerprint density at radius 2 is 2.35 bits per heavy atom. The second kappa shape index (κ2) is 7.02. The van der Waals surface area contributed by atoms with Gasteiger partial charge in [0.15, 0.2) is 0 Å². The first-order chi connectivity index (χ1) is 9.52. The minimum atomic E-state index is -0.753. The Hall–Kier alpha value is -0.430. The lowest BCUT2D eigenvalue weighted by Crippen LogP contribution is -2.43. The van der Waals surface area contributed by atoms with Crippen LogP contribution in [0, 0.1) is 12.8 Å². The van der Waals surface area contributed by atoms with E-state index in [2.05, 4.69) is 40.7 Å². The second-order valence-electron chi connectivity index (χ2n) is 5.14. The standard InChI is InChI=1S/C14H20BrNO3S/c1-3-4-16(6-10-5-12(15)9(2)20-10)13-8-19-7-11(13)14(17)18/h5,11,13H,3-4,6-8H2,1-2H3,(H,17,18). The first kappa shape index (κ1) is 15.9. The third-order valence-electron chi connectivity index (χ3n) is 3.61. The van der Waals surface area contributed by atoms with Gasteiger partial charge >= 0.3 is 5.97 Å². The third kappa shape index (κ3) is 3.61. The van der Waals surface area contributed by atoms with E-state index < -0.39 is 11.9 Å². The number of thiophene rings is 1. The molecule has 1 aromatic heterocycles. The van der Waals surface area contributed by atoms with Gasteiger partial charge in [0, 0.05) is 26.8 Å². The van der Waals surface area contributed by atoms with Crippen molar-refractivity contribution in [2.75, 3.05) is 19.8 Å². The fourth-order valence-electron chi connectivity index (χ4n) is 2.58. The molecule has 2 heterocycles. The average molecular weight is 362 g/mol. The van der Waals surface area contributed by atoms with Crippen molar-refractivity contribution in [3.05, 3.63) is 20.3 Å². The van der Waals surface area contributed by atoms with E-state index in [0.29, 0.717) is 13.2 Å². The highest BCUT2D eigenvalue weighted by atomic mass is 79.9. The summed E-state index contributed by atoms with van der Waals surface area (Å²) >= 11 is 5.30. The van der Waals surface area contributed by atoms with Crippen molar-refractivity contribution in [1.82, 2.24) is 4.90 Å². The predicted octanol–water partition coefficient (Wildman–Crippen LogP) is 3.13. The van der Waals surface area contributed by atoms with Crippen LogP contribution in [0.25, 0.3) is 0 Å². The number of carbonyl (C=O) groups is 1. The number of aryl methyl sites for hydroxylation is 1. The Morgan fingerprint density at radius 3 is 2.90 bits per heavy atom. The molecular weight excluding hydrogens is 342 g/mol. The summed E-state index contributed by atoms with van der Waals surface area (Å²) in [7, 11) is 0. The minimum absolute atomic E-state index is 0.0198. The maximum Gasteiger partial charge on any atom is 0.310 e. The molecule has 1 saturated heterocycles. The summed E-state index contributed by atoms with van der Waals surface area (Å²) in [4.78, 5) is 16.1. The molecule has 2 rings (SSSR count). The van der Waals surface area contributed by atoms with Crippen LogP contribution in [0.1, 0.15) is 23.1 Å². The molecule has 0 aliphatic carbocycles. The Balaban J connectivity index is 2.12. The Kier molecular flexibility index (Phi) is 5.60. The molecular formula is C14H20BrNO3S. The van der Waals surface area contributed by atoms with Crippen molar-refractivity contribution in [3.63, 3.8) is 0 Å². The molecule has 112 valence electrons. The van der Waals surface area contributed by atoms with Gasteiger partial charge in [0.25, 0.3) is 0 Å². The number of carboxylic acid groups (broad SMARTS) is 1. The lowest BCUT2D eigenvalue weighted by Gasteiger charge is -2.29. The summed E-state index contributed by atoms with van der Waals surface area (Å²) in [5.74, 6) is -1.16. The lowest BCUT2D eigenvalue weighted by molar-refractivity contribution is -0.143. The highest BCUT2D eigenvalue weighted by Crippen LogP contribution is 2.29. The van der Waals surface area contributed by atoms with E-state index in [1.807, 2.05) is 0 Å². The van der Waals surface area contributed by atoms with Gasteiger partial charge in [-0.2, -0.15) is 0 Å². The van der Waals surface area contributed by atoms with Crippen molar-refractivity contribution in [2.24, 2.45) is 5.92 Å². The quantitative estimate of drug-likeness (QED) is 0.845. The summed E-state index contributed by atoms with van der Waals surface area (Å²) in [5.41, 5.74) is 0. The van der Waals surface area contributed by atoms with E-state index in [-0.39, 0.29) is 6.04 Å². The van der Waals surface area contributed by atoms with Crippen LogP contribution in [0.4, 0.5) is 0 Å². The fourth-order valence-corrected chi connectivity index (χ4v) is 4.21. The van der Waals surface area contributed by atoms with E-state index in [1.54, 1.807) is 11.3 Å². The van der Waals surface area contributed by atoms with Crippen molar-refractivity contribution >= 4 is 33.2 Å². The number of hydrogen-bond donors (Lipinski definition) is 1. The van der Waals surface area contributed by atoms with Gasteiger partial charge in [-0.25, -0.2) is 0 Å². The molecule has 0 aromatic carbocycles. The van der Waals surface area contributed by atoms with Crippen LogP contribution in [-0.2, 0) is 16.1 Å². The highest BCUT2D eigenvalue weighted by Gasteiger charge is 2.37. The van der Waals surface area contributed by atoms with E-state index in [9.17, 15) is 9.90 Å². The van der Waals surface area contributed by atoms with Crippen LogP contribution in [0.15, 0.2) is 10.5 Å². The van der Waals surface area contributed by atoms with Crippen molar-refractivity contribution in [3.8, 4) is 0 Å². The maximum atomic E-state index is 11.3. The smallest absolute Gasteiger partial charge is 0.310 e. The Morgan fingerprint density at radius 1 is 1.60 bits per heavy atom. The number of aliphatic carboxylic acids is 1. The molecule has 1 aromatic rings. The van der Waals surface area contributed by atoms with Crippen molar-refractivity contribution < 1.29 is 14.6 Å². The van der Waals surface area contributed by atoms with E-state index in [1.165, 1.54) is 9.75 Å². The first-order valence-electron chi connectivity index (χ1n) is 6.82. The number of nitrogens with zero attached hydrogens (tertiary/aromatic N) is 1. The molecule has 20 heavy (non-hydrogen) atoms. The molecule has 1 aliphatic rings. The minimum Gasteiger partial charge on any atom is -0.481 e. The summed E-state index contributed by atoms with van der Waals surface area (Å²) in [5, 5.41) is 9.30. The first-order valence-corrected chi connectivity index (χ1v) is 8.43. The number of carboxylic acids is 1. The van der Waals surface area contributed by atoms with Crippen LogP contribution < -0.4 is 0 Å². The van der Waals surface area contributed by atoms with Crippen molar-refractivity contribution in [2.45, 2.75) is 32.9 Å². The number of ether oxygens (including phenoxy) is 1. The van der Waals surface area contributed by atoms with Gasteiger partial charge in [-0.3, -0.25) is 9.69 Å². The van der Waals surface area contributed by atoms with Gasteiger partial charge in [-0.1, -0.05) is 6.92 Å².